The lowest BCUT2D eigenvalue weighted by molar-refractivity contribution is -0.385. The fraction of sp³-hybridized carbons (Fsp3) is 0.538. The molecule has 1 aromatic carbocycles. The summed E-state index contributed by atoms with van der Waals surface area (Å²) in [6.45, 7) is 6.67. The molecule has 2 atom stereocenters. The Labute approximate surface area is 126 Å². The molecule has 0 spiro atoms. The number of nitrogens with zero attached hydrogens (tertiary/aromatic N) is 1. The molecule has 0 radical (unpaired) electrons. The molecule has 6 heteroatoms. The van der Waals surface area contributed by atoms with E-state index in [4.69, 9.17) is 0 Å². The first-order valence-electron chi connectivity index (χ1n) is 6.29. The van der Waals surface area contributed by atoms with Crippen LogP contribution < -0.4 is 5.32 Å². The van der Waals surface area contributed by atoms with Crippen molar-refractivity contribution in [3.63, 3.8) is 0 Å². The fourth-order valence-corrected chi connectivity index (χ4v) is 2.68. The van der Waals surface area contributed by atoms with Crippen LogP contribution in [0.1, 0.15) is 38.7 Å². The number of halogens is 2. The normalized spacial score (nSPS) is 14.2. The Morgan fingerprint density at radius 1 is 1.47 bits per heavy atom. The second-order valence-corrected chi connectivity index (χ2v) is 5.61. The van der Waals surface area contributed by atoms with E-state index in [-0.39, 0.29) is 21.2 Å². The first-order valence-corrected chi connectivity index (χ1v) is 7.36. The smallest absolute Gasteiger partial charge is 0.274 e. The Hall–Kier alpha value is -0.760. The highest BCUT2D eigenvalue weighted by atomic mass is 127. The third-order valence-electron chi connectivity index (χ3n) is 3.27. The minimum atomic E-state index is -0.438. The molecule has 0 bridgehead atoms. The van der Waals surface area contributed by atoms with Gasteiger partial charge in [-0.1, -0.05) is 20.8 Å². The van der Waals surface area contributed by atoms with Crippen molar-refractivity contribution in [2.24, 2.45) is 0 Å². The molecule has 0 heterocycles. The van der Waals surface area contributed by atoms with Crippen molar-refractivity contribution in [2.45, 2.75) is 39.2 Å². The molecule has 0 aliphatic heterocycles. The third-order valence-corrected chi connectivity index (χ3v) is 4.09. The molecule has 0 aliphatic rings. The maximum atomic E-state index is 13.7. The molecule has 0 aromatic heterocycles. The zero-order valence-electron chi connectivity index (χ0n) is 11.2. The van der Waals surface area contributed by atoms with Gasteiger partial charge in [0.25, 0.3) is 5.69 Å². The molecule has 19 heavy (non-hydrogen) atoms. The summed E-state index contributed by atoms with van der Waals surface area (Å²) >= 11 is 1.77. The monoisotopic (exact) mass is 380 g/mol. The van der Waals surface area contributed by atoms with E-state index in [2.05, 4.69) is 5.32 Å². The van der Waals surface area contributed by atoms with Crippen LogP contribution in [0.4, 0.5) is 10.1 Å². The molecule has 1 aromatic rings. The van der Waals surface area contributed by atoms with Crippen molar-refractivity contribution >= 4 is 28.3 Å². The molecule has 1 rings (SSSR count). The average molecular weight is 380 g/mol. The summed E-state index contributed by atoms with van der Waals surface area (Å²) in [5.41, 5.74) is 0.449. The number of hydrogen-bond acceptors (Lipinski definition) is 3. The van der Waals surface area contributed by atoms with Gasteiger partial charge < -0.3 is 5.32 Å². The number of rotatable bonds is 6. The lowest BCUT2D eigenvalue weighted by Crippen LogP contribution is -2.33. The van der Waals surface area contributed by atoms with Crippen molar-refractivity contribution in [1.29, 1.82) is 0 Å². The molecule has 0 aliphatic carbocycles. The lowest BCUT2D eigenvalue weighted by atomic mass is 9.90. The maximum Gasteiger partial charge on any atom is 0.274 e. The van der Waals surface area contributed by atoms with Crippen LogP contribution in [0.3, 0.4) is 0 Å². The molecular weight excluding hydrogens is 362 g/mol. The van der Waals surface area contributed by atoms with Gasteiger partial charge in [0.2, 0.25) is 0 Å². The molecule has 4 nitrogen and oxygen atoms in total. The van der Waals surface area contributed by atoms with Crippen molar-refractivity contribution < 1.29 is 9.31 Å². The Balaban J connectivity index is 3.23. The summed E-state index contributed by atoms with van der Waals surface area (Å²) in [5.74, 6) is -0.517. The van der Waals surface area contributed by atoms with Crippen LogP contribution in [0.25, 0.3) is 0 Å². The van der Waals surface area contributed by atoms with E-state index in [9.17, 15) is 14.5 Å². The van der Waals surface area contributed by atoms with Crippen LogP contribution in [-0.2, 0) is 0 Å². The topological polar surface area (TPSA) is 55.2 Å². The number of likely N-dealkylation sites (N-methyl/N-ethyl adjacent to an activating group) is 1. The van der Waals surface area contributed by atoms with E-state index >= 15 is 0 Å². The number of nitro groups is 1. The van der Waals surface area contributed by atoms with Gasteiger partial charge in [-0.2, -0.15) is 0 Å². The van der Waals surface area contributed by atoms with Gasteiger partial charge in [-0.15, -0.1) is 0 Å². The lowest BCUT2D eigenvalue weighted by Gasteiger charge is -2.23. The highest BCUT2D eigenvalue weighted by molar-refractivity contribution is 14.1. The summed E-state index contributed by atoms with van der Waals surface area (Å²) in [5, 5.41) is 14.4. The van der Waals surface area contributed by atoms with Crippen LogP contribution in [0, 0.1) is 19.5 Å². The number of hydrogen-bond donors (Lipinski definition) is 1. The Bertz CT molecular complexity index is 468. The predicted molar refractivity (Wildman–Crippen MR) is 81.9 cm³/mol. The minimum Gasteiger partial charge on any atom is -0.314 e. The summed E-state index contributed by atoms with van der Waals surface area (Å²) in [4.78, 5) is 10.7. The highest BCUT2D eigenvalue weighted by Gasteiger charge is 2.26. The van der Waals surface area contributed by atoms with E-state index in [0.717, 1.165) is 13.0 Å². The Morgan fingerprint density at radius 3 is 2.58 bits per heavy atom. The van der Waals surface area contributed by atoms with E-state index in [0.29, 0.717) is 5.56 Å². The summed E-state index contributed by atoms with van der Waals surface area (Å²) in [6.07, 6.45) is 0.833. The van der Waals surface area contributed by atoms with Gasteiger partial charge in [0.15, 0.2) is 0 Å². The van der Waals surface area contributed by atoms with Gasteiger partial charge in [-0.3, -0.25) is 10.1 Å². The summed E-state index contributed by atoms with van der Waals surface area (Å²) in [7, 11) is 0. The molecule has 2 unspecified atom stereocenters. The molecule has 0 fully saturated rings. The van der Waals surface area contributed by atoms with E-state index in [1.54, 1.807) is 22.6 Å². The van der Waals surface area contributed by atoms with Gasteiger partial charge in [0, 0.05) is 23.6 Å². The first kappa shape index (κ1) is 16.3. The zero-order valence-corrected chi connectivity index (χ0v) is 13.4. The SMILES string of the molecule is CCNC(CC)C(C)c1cc(F)c(I)cc1[N+](=O)[O-]. The van der Waals surface area contributed by atoms with Crippen LogP contribution in [0.15, 0.2) is 12.1 Å². The molecule has 0 saturated heterocycles. The van der Waals surface area contributed by atoms with Crippen LogP contribution in [0.5, 0.6) is 0 Å². The van der Waals surface area contributed by atoms with Crippen molar-refractivity contribution in [1.82, 2.24) is 5.32 Å². The fourth-order valence-electron chi connectivity index (χ4n) is 2.23. The Morgan fingerprint density at radius 2 is 2.11 bits per heavy atom. The van der Waals surface area contributed by atoms with E-state index in [1.165, 1.54) is 12.1 Å². The van der Waals surface area contributed by atoms with Gasteiger partial charge in [0.1, 0.15) is 5.82 Å². The largest absolute Gasteiger partial charge is 0.314 e. The standard InChI is InChI=1S/C13H18FIN2O2/c1-4-12(16-5-2)8(3)9-6-10(14)11(15)7-13(9)17(18)19/h6-8,12,16H,4-5H2,1-3H3. The van der Waals surface area contributed by atoms with Crippen molar-refractivity contribution in [2.75, 3.05) is 6.54 Å². The quantitative estimate of drug-likeness (QED) is 0.464. The zero-order chi connectivity index (χ0) is 14.6. The second-order valence-electron chi connectivity index (χ2n) is 4.44. The van der Waals surface area contributed by atoms with Gasteiger partial charge in [0.05, 0.1) is 8.49 Å². The van der Waals surface area contributed by atoms with Gasteiger partial charge >= 0.3 is 0 Å². The molecule has 106 valence electrons. The van der Waals surface area contributed by atoms with E-state index < -0.39 is 10.7 Å². The van der Waals surface area contributed by atoms with E-state index in [1.807, 2.05) is 20.8 Å². The summed E-state index contributed by atoms with van der Waals surface area (Å²) < 4.78 is 14.0. The maximum absolute atomic E-state index is 13.7. The third kappa shape index (κ3) is 3.85. The second kappa shape index (κ2) is 7.14. The Kier molecular flexibility index (Phi) is 6.12. The number of nitrogens with one attached hydrogen (secondary N) is 1. The predicted octanol–water partition coefficient (Wildman–Crippen LogP) is 3.83. The van der Waals surface area contributed by atoms with Crippen LogP contribution in [0.2, 0.25) is 0 Å². The van der Waals surface area contributed by atoms with Gasteiger partial charge in [-0.25, -0.2) is 4.39 Å². The van der Waals surface area contributed by atoms with Gasteiger partial charge in [-0.05, 0) is 41.6 Å². The first-order chi connectivity index (χ1) is 8.92. The number of nitro benzene ring substituents is 1. The van der Waals surface area contributed by atoms with Crippen molar-refractivity contribution in [3.8, 4) is 0 Å². The number of benzene rings is 1. The highest BCUT2D eigenvalue weighted by Crippen LogP contribution is 2.32. The van der Waals surface area contributed by atoms with Crippen LogP contribution in [-0.4, -0.2) is 17.5 Å². The average Bonchev–Trinajstić information content (AvgIpc) is 2.37. The van der Waals surface area contributed by atoms with Crippen molar-refractivity contribution in [3.05, 3.63) is 37.2 Å². The molecule has 0 amide bonds. The minimum absolute atomic E-state index is 0.00495. The molecule has 0 saturated carbocycles. The van der Waals surface area contributed by atoms with Crippen LogP contribution >= 0.6 is 22.6 Å². The molecular formula is C13H18FIN2O2. The molecule has 1 N–H and O–H groups in total. The summed E-state index contributed by atoms with van der Waals surface area (Å²) in [6, 6.07) is 2.70.